The molecule has 5 aliphatic rings. The zero-order valence-electron chi connectivity index (χ0n) is 16.0. The Bertz CT molecular complexity index is 840. The van der Waals surface area contributed by atoms with Crippen LogP contribution in [-0.4, -0.2) is 47.7 Å². The number of ether oxygens (including phenoxy) is 2. The number of amides is 2. The Labute approximate surface area is 173 Å². The van der Waals surface area contributed by atoms with Crippen LogP contribution in [0.15, 0.2) is 18.2 Å². The Morgan fingerprint density at radius 3 is 2.83 bits per heavy atom. The number of carbonyl (C=O) groups is 2. The first-order chi connectivity index (χ1) is 13.9. The summed E-state index contributed by atoms with van der Waals surface area (Å²) in [6.45, 7) is 0.506. The zero-order chi connectivity index (χ0) is 20.2. The van der Waals surface area contributed by atoms with Crippen molar-refractivity contribution >= 4 is 23.6 Å². The maximum absolute atomic E-state index is 13.5. The van der Waals surface area contributed by atoms with Gasteiger partial charge in [-0.05, 0) is 56.6 Å². The number of benzene rings is 1. The van der Waals surface area contributed by atoms with E-state index in [2.05, 4.69) is 5.32 Å². The smallest absolute Gasteiger partial charge is 0.410 e. The molecule has 8 heteroatoms. The van der Waals surface area contributed by atoms with Crippen LogP contribution in [0.1, 0.15) is 38.5 Å². The molecule has 2 bridgehead atoms. The van der Waals surface area contributed by atoms with Crippen molar-refractivity contribution in [2.45, 2.75) is 56.2 Å². The molecule has 4 saturated carbocycles. The second kappa shape index (κ2) is 7.04. The highest BCUT2D eigenvalue weighted by Crippen LogP contribution is 2.57. The molecule has 0 aromatic heterocycles. The largest absolute Gasteiger partial charge is 0.484 e. The third kappa shape index (κ3) is 3.43. The molecule has 29 heavy (non-hydrogen) atoms. The molecule has 6 rings (SSSR count). The van der Waals surface area contributed by atoms with Gasteiger partial charge in [0.2, 0.25) is 0 Å². The lowest BCUT2D eigenvalue weighted by molar-refractivity contribution is -0.125. The fourth-order valence-electron chi connectivity index (χ4n) is 5.39. The zero-order valence-corrected chi connectivity index (χ0v) is 16.8. The molecule has 1 saturated heterocycles. The first-order valence-electron chi connectivity index (χ1n) is 10.3. The summed E-state index contributed by atoms with van der Waals surface area (Å²) in [5.74, 6) is 0.255. The molecule has 0 spiro atoms. The third-order valence-corrected chi connectivity index (χ3v) is 7.37. The Morgan fingerprint density at radius 1 is 1.34 bits per heavy atom. The van der Waals surface area contributed by atoms with Crippen LogP contribution in [0.4, 0.5) is 9.18 Å². The monoisotopic (exact) mass is 422 g/mol. The molecule has 156 valence electrons. The van der Waals surface area contributed by atoms with Gasteiger partial charge in [0.1, 0.15) is 17.7 Å². The number of nitrogens with zero attached hydrogens (tertiary/aromatic N) is 1. The Hall–Kier alpha value is -2.02. The van der Waals surface area contributed by atoms with Crippen LogP contribution in [0.3, 0.4) is 0 Å². The van der Waals surface area contributed by atoms with Gasteiger partial charge in [-0.1, -0.05) is 11.6 Å². The van der Waals surface area contributed by atoms with Crippen molar-refractivity contribution in [1.29, 1.82) is 0 Å². The van der Waals surface area contributed by atoms with Gasteiger partial charge in [-0.2, -0.15) is 0 Å². The van der Waals surface area contributed by atoms with E-state index in [9.17, 15) is 14.0 Å². The van der Waals surface area contributed by atoms with Crippen molar-refractivity contribution < 1.29 is 23.5 Å². The van der Waals surface area contributed by atoms with Crippen molar-refractivity contribution in [1.82, 2.24) is 10.2 Å². The van der Waals surface area contributed by atoms with E-state index < -0.39 is 5.82 Å². The second-order valence-electron chi connectivity index (χ2n) is 8.89. The molecule has 1 N–H and O–H groups in total. The molecule has 2 unspecified atom stereocenters. The normalized spacial score (nSPS) is 33.1. The van der Waals surface area contributed by atoms with Crippen LogP contribution in [0.25, 0.3) is 0 Å². The van der Waals surface area contributed by atoms with Crippen LogP contribution in [0.5, 0.6) is 5.75 Å². The Morgan fingerprint density at radius 2 is 2.14 bits per heavy atom. The van der Waals surface area contributed by atoms with Crippen LogP contribution in [0, 0.1) is 17.7 Å². The lowest BCUT2D eigenvalue weighted by Gasteiger charge is -2.39. The van der Waals surface area contributed by atoms with E-state index in [0.717, 1.165) is 32.1 Å². The minimum atomic E-state index is -0.578. The van der Waals surface area contributed by atoms with Gasteiger partial charge in [-0.3, -0.25) is 4.79 Å². The summed E-state index contributed by atoms with van der Waals surface area (Å²) in [5, 5.41) is 3.12. The van der Waals surface area contributed by atoms with Crippen LogP contribution >= 0.6 is 11.6 Å². The average molecular weight is 423 g/mol. The SMILES string of the molecule is O=C(COc1ccc(Cl)c(F)c1)NC12CC(C1)C(C1CN(C3CCC3)C(=O)O1)C2. The van der Waals surface area contributed by atoms with Gasteiger partial charge in [-0.15, -0.1) is 0 Å². The molecule has 2 atom stereocenters. The molecular weight excluding hydrogens is 399 g/mol. The topological polar surface area (TPSA) is 67.9 Å². The summed E-state index contributed by atoms with van der Waals surface area (Å²) < 4.78 is 24.5. The summed E-state index contributed by atoms with van der Waals surface area (Å²) in [4.78, 5) is 26.5. The minimum Gasteiger partial charge on any atom is -0.484 e. The number of halogens is 2. The van der Waals surface area contributed by atoms with Crippen molar-refractivity contribution in [3.8, 4) is 5.75 Å². The highest BCUT2D eigenvalue weighted by atomic mass is 35.5. The van der Waals surface area contributed by atoms with E-state index in [1.54, 1.807) is 0 Å². The molecule has 1 aliphatic heterocycles. The lowest BCUT2D eigenvalue weighted by Crippen LogP contribution is -2.53. The maximum atomic E-state index is 13.5. The van der Waals surface area contributed by atoms with Crippen molar-refractivity contribution in [3.63, 3.8) is 0 Å². The highest BCUT2D eigenvalue weighted by molar-refractivity contribution is 6.30. The van der Waals surface area contributed by atoms with Crippen molar-refractivity contribution in [2.75, 3.05) is 13.2 Å². The fraction of sp³-hybridized carbons (Fsp3) is 0.619. The molecular formula is C21H24ClFN2O4. The van der Waals surface area contributed by atoms with E-state index >= 15 is 0 Å². The first kappa shape index (κ1) is 19.0. The number of hydrogen-bond acceptors (Lipinski definition) is 4. The van der Waals surface area contributed by atoms with Crippen LogP contribution < -0.4 is 10.1 Å². The lowest BCUT2D eigenvalue weighted by atomic mass is 9.75. The molecule has 4 aliphatic carbocycles. The molecule has 1 heterocycles. The van der Waals surface area contributed by atoms with Crippen LogP contribution in [0.2, 0.25) is 5.02 Å². The second-order valence-corrected chi connectivity index (χ2v) is 9.30. The summed E-state index contributed by atoms with van der Waals surface area (Å²) in [6.07, 6.45) is 5.75. The number of nitrogens with one attached hydrogen (secondary N) is 1. The van der Waals surface area contributed by atoms with E-state index in [-0.39, 0.29) is 41.0 Å². The average Bonchev–Trinajstić information content (AvgIpc) is 3.26. The first-order valence-corrected chi connectivity index (χ1v) is 10.7. The van der Waals surface area contributed by atoms with Crippen molar-refractivity contribution in [3.05, 3.63) is 29.0 Å². The molecule has 1 aromatic carbocycles. The van der Waals surface area contributed by atoms with Gasteiger partial charge < -0.3 is 19.7 Å². The third-order valence-electron chi connectivity index (χ3n) is 7.06. The number of hydrogen-bond donors (Lipinski definition) is 1. The quantitative estimate of drug-likeness (QED) is 0.761. The highest BCUT2D eigenvalue weighted by Gasteiger charge is 2.60. The fourth-order valence-corrected chi connectivity index (χ4v) is 5.51. The number of carbonyl (C=O) groups excluding carboxylic acids is 2. The molecule has 0 radical (unpaired) electrons. The number of fused-ring (bicyclic) bond motifs is 1. The summed E-state index contributed by atoms with van der Waals surface area (Å²) >= 11 is 5.65. The molecule has 6 nitrogen and oxygen atoms in total. The van der Waals surface area contributed by atoms with Gasteiger partial charge in [0.05, 0.1) is 11.6 Å². The standard InChI is InChI=1S/C21H24ClFN2O4/c22-16-5-4-14(6-17(16)23)28-11-19(26)24-21-7-12(8-21)15(9-21)18-10-25(20(27)29-18)13-2-1-3-13/h4-6,12-13,15,18H,1-3,7-11H2,(H,24,26). The van der Waals surface area contributed by atoms with Gasteiger partial charge in [-0.25, -0.2) is 9.18 Å². The maximum Gasteiger partial charge on any atom is 0.410 e. The summed E-state index contributed by atoms with van der Waals surface area (Å²) in [7, 11) is 0. The predicted octanol–water partition coefficient (Wildman–Crippen LogP) is 3.52. The van der Waals surface area contributed by atoms with Crippen LogP contribution in [-0.2, 0) is 9.53 Å². The Kier molecular flexibility index (Phi) is 4.61. The van der Waals surface area contributed by atoms with Gasteiger partial charge in [0.15, 0.2) is 6.61 Å². The molecule has 1 aromatic rings. The predicted molar refractivity (Wildman–Crippen MR) is 103 cm³/mol. The Balaban J connectivity index is 1.13. The van der Waals surface area contributed by atoms with E-state index in [0.29, 0.717) is 24.4 Å². The van der Waals surface area contributed by atoms with E-state index in [1.165, 1.54) is 24.6 Å². The summed E-state index contributed by atoms with van der Waals surface area (Å²) in [6, 6.07) is 4.45. The van der Waals surface area contributed by atoms with E-state index in [4.69, 9.17) is 21.1 Å². The molecule has 2 amide bonds. The summed E-state index contributed by atoms with van der Waals surface area (Å²) in [5.41, 5.74) is -0.225. The van der Waals surface area contributed by atoms with Gasteiger partial charge >= 0.3 is 6.09 Å². The van der Waals surface area contributed by atoms with Gasteiger partial charge in [0, 0.05) is 23.6 Å². The number of rotatable bonds is 6. The van der Waals surface area contributed by atoms with Crippen molar-refractivity contribution in [2.24, 2.45) is 11.8 Å². The van der Waals surface area contributed by atoms with Gasteiger partial charge in [0.25, 0.3) is 5.91 Å². The molecule has 5 fully saturated rings. The minimum absolute atomic E-state index is 0.0154. The van der Waals surface area contributed by atoms with E-state index in [1.807, 2.05) is 4.90 Å². The number of cyclic esters (lactones) is 1.